The molecule has 24 heavy (non-hydrogen) atoms. The molecule has 0 fully saturated rings. The topological polar surface area (TPSA) is 59.1 Å². The molecular weight excluding hydrogens is 320 g/mol. The van der Waals surface area contributed by atoms with Gasteiger partial charge in [-0.25, -0.2) is 8.42 Å². The van der Waals surface area contributed by atoms with Gasteiger partial charge in [-0.05, 0) is 42.7 Å². The molecule has 0 saturated heterocycles. The quantitative estimate of drug-likeness (QED) is 0.771. The lowest BCUT2D eigenvalue weighted by atomic mass is 10.1. The van der Waals surface area contributed by atoms with Crippen LogP contribution < -0.4 is 5.32 Å². The zero-order valence-corrected chi connectivity index (χ0v) is 14.6. The lowest BCUT2D eigenvalue weighted by Crippen LogP contribution is -2.06. The number of benzene rings is 2. The molecule has 1 heterocycles. The highest BCUT2D eigenvalue weighted by Crippen LogP contribution is 2.23. The number of para-hydroxylation sites is 1. The molecule has 0 aliphatic rings. The molecule has 3 aromatic rings. The Morgan fingerprint density at radius 2 is 1.79 bits per heavy atom. The van der Waals surface area contributed by atoms with E-state index in [1.54, 1.807) is 12.1 Å². The summed E-state index contributed by atoms with van der Waals surface area (Å²) in [7, 11) is -3.13. The first-order valence-corrected chi connectivity index (χ1v) is 9.71. The summed E-state index contributed by atoms with van der Waals surface area (Å²) < 4.78 is 23.0. The number of aromatic nitrogens is 1. The molecule has 0 atom stereocenters. The third kappa shape index (κ3) is 3.57. The van der Waals surface area contributed by atoms with Gasteiger partial charge in [-0.3, -0.25) is 4.98 Å². The van der Waals surface area contributed by atoms with Crippen molar-refractivity contribution in [1.29, 1.82) is 0 Å². The SMILES string of the molecule is Cc1cccc2c(NCCc3ccc(S(C)(=O)=O)cc3)ccnc12. The Labute approximate surface area is 142 Å². The van der Waals surface area contributed by atoms with Gasteiger partial charge in [-0.2, -0.15) is 0 Å². The number of aryl methyl sites for hydroxylation is 1. The van der Waals surface area contributed by atoms with Crippen LogP contribution in [0.15, 0.2) is 59.6 Å². The van der Waals surface area contributed by atoms with E-state index in [4.69, 9.17) is 0 Å². The van der Waals surface area contributed by atoms with E-state index >= 15 is 0 Å². The van der Waals surface area contributed by atoms with Gasteiger partial charge in [-0.15, -0.1) is 0 Å². The van der Waals surface area contributed by atoms with Crippen LogP contribution in [0.3, 0.4) is 0 Å². The number of rotatable bonds is 5. The summed E-state index contributed by atoms with van der Waals surface area (Å²) in [5.74, 6) is 0. The average molecular weight is 340 g/mol. The number of nitrogens with zero attached hydrogens (tertiary/aromatic N) is 1. The average Bonchev–Trinajstić information content (AvgIpc) is 2.55. The van der Waals surface area contributed by atoms with Crippen molar-refractivity contribution in [2.75, 3.05) is 18.1 Å². The molecule has 2 aromatic carbocycles. The number of hydrogen-bond donors (Lipinski definition) is 1. The van der Waals surface area contributed by atoms with Crippen molar-refractivity contribution in [2.45, 2.75) is 18.2 Å². The molecule has 1 aromatic heterocycles. The largest absolute Gasteiger partial charge is 0.384 e. The predicted molar refractivity (Wildman–Crippen MR) is 98.2 cm³/mol. The van der Waals surface area contributed by atoms with Gasteiger partial charge in [0, 0.05) is 30.1 Å². The maximum Gasteiger partial charge on any atom is 0.175 e. The number of sulfone groups is 1. The number of fused-ring (bicyclic) bond motifs is 1. The molecule has 0 radical (unpaired) electrons. The van der Waals surface area contributed by atoms with Crippen molar-refractivity contribution in [3.8, 4) is 0 Å². The Morgan fingerprint density at radius 3 is 2.50 bits per heavy atom. The van der Waals surface area contributed by atoms with E-state index in [0.717, 1.165) is 40.7 Å². The van der Waals surface area contributed by atoms with E-state index in [0.29, 0.717) is 4.90 Å². The van der Waals surface area contributed by atoms with Crippen molar-refractivity contribution in [1.82, 2.24) is 4.98 Å². The van der Waals surface area contributed by atoms with Gasteiger partial charge in [0.15, 0.2) is 9.84 Å². The van der Waals surface area contributed by atoms with Crippen LogP contribution in [0.25, 0.3) is 10.9 Å². The third-order valence-corrected chi connectivity index (χ3v) is 5.18. The monoisotopic (exact) mass is 340 g/mol. The van der Waals surface area contributed by atoms with Crippen molar-refractivity contribution >= 4 is 26.4 Å². The summed E-state index contributed by atoms with van der Waals surface area (Å²) in [5.41, 5.74) is 4.34. The smallest absolute Gasteiger partial charge is 0.175 e. The lowest BCUT2D eigenvalue weighted by molar-refractivity contribution is 0.602. The lowest BCUT2D eigenvalue weighted by Gasteiger charge is -2.10. The Balaban J connectivity index is 1.70. The van der Waals surface area contributed by atoms with Crippen molar-refractivity contribution in [2.24, 2.45) is 0 Å². The van der Waals surface area contributed by atoms with Gasteiger partial charge < -0.3 is 5.32 Å². The minimum atomic E-state index is -3.13. The number of pyridine rings is 1. The molecule has 4 nitrogen and oxygen atoms in total. The first-order valence-electron chi connectivity index (χ1n) is 7.82. The van der Waals surface area contributed by atoms with Crippen LogP contribution in [0.1, 0.15) is 11.1 Å². The second-order valence-electron chi connectivity index (χ2n) is 5.92. The molecule has 124 valence electrons. The van der Waals surface area contributed by atoms with E-state index in [1.807, 2.05) is 30.5 Å². The molecule has 3 rings (SSSR count). The first-order chi connectivity index (χ1) is 11.4. The van der Waals surface area contributed by atoms with Crippen LogP contribution in [0.4, 0.5) is 5.69 Å². The highest BCUT2D eigenvalue weighted by Gasteiger charge is 2.06. The summed E-state index contributed by atoms with van der Waals surface area (Å²) in [5, 5.41) is 4.57. The van der Waals surface area contributed by atoms with E-state index in [-0.39, 0.29) is 0 Å². The summed E-state index contributed by atoms with van der Waals surface area (Å²) in [6, 6.07) is 15.2. The van der Waals surface area contributed by atoms with Crippen molar-refractivity contribution < 1.29 is 8.42 Å². The summed E-state index contributed by atoms with van der Waals surface area (Å²) in [6.45, 7) is 2.83. The zero-order chi connectivity index (χ0) is 17.2. The molecular formula is C19H20N2O2S. The van der Waals surface area contributed by atoms with Gasteiger partial charge in [0.1, 0.15) is 0 Å². The molecule has 1 N–H and O–H groups in total. The van der Waals surface area contributed by atoms with Crippen molar-refractivity contribution in [3.63, 3.8) is 0 Å². The minimum Gasteiger partial charge on any atom is -0.384 e. The zero-order valence-electron chi connectivity index (χ0n) is 13.8. The van der Waals surface area contributed by atoms with E-state index < -0.39 is 9.84 Å². The first kappa shape index (κ1) is 16.5. The standard InChI is InChI=1S/C19H20N2O2S/c1-14-4-3-5-17-18(11-13-21-19(14)17)20-12-10-15-6-8-16(9-7-15)24(2,22)23/h3-9,11,13H,10,12H2,1-2H3,(H,20,21). The third-order valence-electron chi connectivity index (χ3n) is 4.05. The molecule has 0 aliphatic heterocycles. The van der Waals surface area contributed by atoms with E-state index in [1.165, 1.54) is 6.26 Å². The van der Waals surface area contributed by atoms with Crippen LogP contribution in [0.2, 0.25) is 0 Å². The molecule has 0 amide bonds. The summed E-state index contributed by atoms with van der Waals surface area (Å²) in [6.07, 6.45) is 3.86. The Morgan fingerprint density at radius 1 is 1.04 bits per heavy atom. The van der Waals surface area contributed by atoms with Crippen LogP contribution in [-0.2, 0) is 16.3 Å². The minimum absolute atomic E-state index is 0.356. The van der Waals surface area contributed by atoms with Crippen LogP contribution in [0, 0.1) is 6.92 Å². The van der Waals surface area contributed by atoms with Crippen LogP contribution >= 0.6 is 0 Å². The summed E-state index contributed by atoms with van der Waals surface area (Å²) in [4.78, 5) is 4.80. The van der Waals surface area contributed by atoms with Gasteiger partial charge in [-0.1, -0.05) is 30.3 Å². The summed E-state index contributed by atoms with van der Waals surface area (Å²) >= 11 is 0. The fraction of sp³-hybridized carbons (Fsp3) is 0.211. The molecule has 0 bridgehead atoms. The fourth-order valence-electron chi connectivity index (χ4n) is 2.72. The Kier molecular flexibility index (Phi) is 4.53. The second-order valence-corrected chi connectivity index (χ2v) is 7.94. The maximum atomic E-state index is 11.5. The molecule has 0 unspecified atom stereocenters. The fourth-order valence-corrected chi connectivity index (χ4v) is 3.35. The molecule has 0 saturated carbocycles. The second kappa shape index (κ2) is 6.61. The number of nitrogens with one attached hydrogen (secondary N) is 1. The predicted octanol–water partition coefficient (Wildman–Crippen LogP) is 3.60. The van der Waals surface area contributed by atoms with Gasteiger partial charge in [0.05, 0.1) is 10.4 Å². The Bertz CT molecular complexity index is 964. The van der Waals surface area contributed by atoms with Crippen LogP contribution in [-0.4, -0.2) is 26.2 Å². The van der Waals surface area contributed by atoms with Gasteiger partial charge >= 0.3 is 0 Å². The Hall–Kier alpha value is -2.40. The molecule has 0 aliphatic carbocycles. The highest BCUT2D eigenvalue weighted by atomic mass is 32.2. The maximum absolute atomic E-state index is 11.5. The van der Waals surface area contributed by atoms with Crippen molar-refractivity contribution in [3.05, 3.63) is 65.9 Å². The van der Waals surface area contributed by atoms with E-state index in [9.17, 15) is 8.42 Å². The normalized spacial score (nSPS) is 11.6. The highest BCUT2D eigenvalue weighted by molar-refractivity contribution is 7.90. The van der Waals surface area contributed by atoms with Gasteiger partial charge in [0.2, 0.25) is 0 Å². The van der Waals surface area contributed by atoms with Crippen LogP contribution in [0.5, 0.6) is 0 Å². The van der Waals surface area contributed by atoms with E-state index in [2.05, 4.69) is 29.4 Å². The number of hydrogen-bond acceptors (Lipinski definition) is 4. The van der Waals surface area contributed by atoms with Gasteiger partial charge in [0.25, 0.3) is 0 Å². The molecule has 5 heteroatoms. The number of anilines is 1. The molecule has 0 spiro atoms.